The summed E-state index contributed by atoms with van der Waals surface area (Å²) in [5.41, 5.74) is 0. The van der Waals surface area contributed by atoms with Crippen LogP contribution in [0.1, 0.15) is 12.7 Å². The molecule has 0 saturated carbocycles. The van der Waals surface area contributed by atoms with Crippen molar-refractivity contribution in [3.63, 3.8) is 0 Å². The maximum Gasteiger partial charge on any atom is 0.138 e. The number of allylic oxidation sites excluding steroid dienone is 2. The van der Waals surface area contributed by atoms with Crippen molar-refractivity contribution in [2.24, 2.45) is 0 Å². The molecule has 0 unspecified atom stereocenters. The highest BCUT2D eigenvalue weighted by molar-refractivity contribution is 5.26. The predicted molar refractivity (Wildman–Crippen MR) is 44.9 cm³/mol. The van der Waals surface area contributed by atoms with Crippen LogP contribution in [0.15, 0.2) is 25.1 Å². The third-order valence-corrected chi connectivity index (χ3v) is 1.33. The van der Waals surface area contributed by atoms with Crippen molar-refractivity contribution >= 4 is 6.20 Å². The van der Waals surface area contributed by atoms with Crippen molar-refractivity contribution in [1.29, 1.82) is 0 Å². The molecule has 0 aliphatic rings. The van der Waals surface area contributed by atoms with Crippen LogP contribution in [-0.2, 0) is 6.42 Å². The first-order valence-electron chi connectivity index (χ1n) is 3.56. The minimum Gasteiger partial charge on any atom is -0.225 e. The van der Waals surface area contributed by atoms with Gasteiger partial charge in [-0.2, -0.15) is 5.10 Å². The molecule has 3 heteroatoms. The zero-order valence-corrected chi connectivity index (χ0v) is 6.57. The van der Waals surface area contributed by atoms with Gasteiger partial charge in [-0.1, -0.05) is 19.6 Å². The van der Waals surface area contributed by atoms with Crippen LogP contribution in [0.5, 0.6) is 0 Å². The third kappa shape index (κ3) is 1.77. The van der Waals surface area contributed by atoms with Gasteiger partial charge in [0, 0.05) is 12.6 Å². The molecule has 1 aromatic heterocycles. The summed E-state index contributed by atoms with van der Waals surface area (Å²) in [5.74, 6) is 0.961. The van der Waals surface area contributed by atoms with Crippen LogP contribution in [0.25, 0.3) is 6.20 Å². The Balaban J connectivity index is 2.84. The Morgan fingerprint density at radius 3 is 3.18 bits per heavy atom. The highest BCUT2D eigenvalue weighted by atomic mass is 15.3. The zero-order chi connectivity index (χ0) is 8.10. The van der Waals surface area contributed by atoms with Gasteiger partial charge in [0.15, 0.2) is 0 Å². The lowest BCUT2D eigenvalue weighted by Gasteiger charge is -1.93. The van der Waals surface area contributed by atoms with Gasteiger partial charge in [0.2, 0.25) is 0 Å². The van der Waals surface area contributed by atoms with Gasteiger partial charge in [-0.05, 0) is 6.08 Å². The molecule has 0 fully saturated rings. The lowest BCUT2D eigenvalue weighted by molar-refractivity contribution is 0.841. The van der Waals surface area contributed by atoms with Crippen LogP contribution in [0, 0.1) is 0 Å². The van der Waals surface area contributed by atoms with Gasteiger partial charge < -0.3 is 0 Å². The van der Waals surface area contributed by atoms with E-state index in [0.717, 1.165) is 12.2 Å². The first-order valence-corrected chi connectivity index (χ1v) is 3.56. The molecule has 1 heterocycles. The van der Waals surface area contributed by atoms with E-state index in [2.05, 4.69) is 16.7 Å². The van der Waals surface area contributed by atoms with E-state index in [1.807, 2.05) is 19.2 Å². The molecule has 0 aliphatic heterocycles. The average Bonchev–Trinajstić information content (AvgIpc) is 2.47. The van der Waals surface area contributed by atoms with Crippen molar-refractivity contribution in [2.75, 3.05) is 0 Å². The van der Waals surface area contributed by atoms with Gasteiger partial charge in [0.05, 0.1) is 0 Å². The van der Waals surface area contributed by atoms with Gasteiger partial charge in [-0.15, -0.1) is 0 Å². The Morgan fingerprint density at radius 2 is 2.55 bits per heavy atom. The molecule has 1 rings (SSSR count). The quantitative estimate of drug-likeness (QED) is 0.610. The number of rotatable bonds is 3. The molecule has 0 bridgehead atoms. The van der Waals surface area contributed by atoms with Crippen molar-refractivity contribution in [3.05, 3.63) is 30.9 Å². The summed E-state index contributed by atoms with van der Waals surface area (Å²) in [7, 11) is 0. The monoisotopic (exact) mass is 149 g/mol. The molecule has 0 radical (unpaired) electrons. The molecule has 0 spiro atoms. The summed E-state index contributed by atoms with van der Waals surface area (Å²) in [6.45, 7) is 5.61. The van der Waals surface area contributed by atoms with E-state index in [0.29, 0.717) is 0 Å². The molecule has 1 aromatic rings. The Bertz CT molecular complexity index is 260. The van der Waals surface area contributed by atoms with Gasteiger partial charge in [0.25, 0.3) is 0 Å². The van der Waals surface area contributed by atoms with E-state index in [4.69, 9.17) is 0 Å². The highest BCUT2D eigenvalue weighted by Gasteiger charge is 1.95. The molecule has 0 aromatic carbocycles. The fourth-order valence-corrected chi connectivity index (χ4v) is 0.794. The van der Waals surface area contributed by atoms with E-state index < -0.39 is 0 Å². The topological polar surface area (TPSA) is 30.7 Å². The van der Waals surface area contributed by atoms with Crippen LogP contribution in [0.4, 0.5) is 0 Å². The fourth-order valence-electron chi connectivity index (χ4n) is 0.794. The van der Waals surface area contributed by atoms with Crippen LogP contribution in [0.3, 0.4) is 0 Å². The summed E-state index contributed by atoms with van der Waals surface area (Å²) < 4.78 is 1.74. The van der Waals surface area contributed by atoms with Gasteiger partial charge in [0.1, 0.15) is 12.2 Å². The molecule has 0 amide bonds. The molecule has 0 aliphatic carbocycles. The second kappa shape index (κ2) is 3.71. The molecule has 3 nitrogen and oxygen atoms in total. The number of hydrogen-bond donors (Lipinski definition) is 0. The van der Waals surface area contributed by atoms with E-state index in [9.17, 15) is 0 Å². The fraction of sp³-hybridized carbons (Fsp3) is 0.250. The average molecular weight is 149 g/mol. The zero-order valence-electron chi connectivity index (χ0n) is 6.57. The third-order valence-electron chi connectivity index (χ3n) is 1.33. The molecule has 0 N–H and O–H groups in total. The van der Waals surface area contributed by atoms with Crippen molar-refractivity contribution in [2.45, 2.75) is 13.3 Å². The lowest BCUT2D eigenvalue weighted by atomic mass is 10.4. The molecular formula is C8H11N3. The minimum absolute atomic E-state index is 0.890. The van der Waals surface area contributed by atoms with Crippen LogP contribution in [-0.4, -0.2) is 14.8 Å². The van der Waals surface area contributed by atoms with E-state index in [1.165, 1.54) is 0 Å². The van der Waals surface area contributed by atoms with E-state index >= 15 is 0 Å². The van der Waals surface area contributed by atoms with E-state index in [1.54, 1.807) is 17.1 Å². The second-order valence-electron chi connectivity index (χ2n) is 2.05. The summed E-state index contributed by atoms with van der Waals surface area (Å²) in [4.78, 5) is 4.05. The summed E-state index contributed by atoms with van der Waals surface area (Å²) in [6.07, 6.45) is 7.81. The Kier molecular flexibility index (Phi) is 2.60. The van der Waals surface area contributed by atoms with E-state index in [-0.39, 0.29) is 0 Å². The van der Waals surface area contributed by atoms with Crippen LogP contribution in [0.2, 0.25) is 0 Å². The first-order chi connectivity index (χ1) is 5.38. The molecule has 0 saturated heterocycles. The number of nitrogens with zero attached hydrogens (tertiary/aromatic N) is 3. The smallest absolute Gasteiger partial charge is 0.138 e. The number of aryl methyl sites for hydroxylation is 1. The highest BCUT2D eigenvalue weighted by Crippen LogP contribution is 1.94. The SMILES string of the molecule is C=C/C=C\n1ncnc1CC. The number of hydrogen-bond acceptors (Lipinski definition) is 2. The molecule has 58 valence electrons. The molecular weight excluding hydrogens is 138 g/mol. The minimum atomic E-state index is 0.890. The maximum atomic E-state index is 4.05. The van der Waals surface area contributed by atoms with Crippen molar-refractivity contribution in [3.8, 4) is 0 Å². The summed E-state index contributed by atoms with van der Waals surface area (Å²) >= 11 is 0. The Labute approximate surface area is 66.1 Å². The van der Waals surface area contributed by atoms with Crippen molar-refractivity contribution in [1.82, 2.24) is 14.8 Å². The van der Waals surface area contributed by atoms with Gasteiger partial charge in [-0.3, -0.25) is 0 Å². The lowest BCUT2D eigenvalue weighted by Crippen LogP contribution is -1.95. The molecule has 11 heavy (non-hydrogen) atoms. The van der Waals surface area contributed by atoms with Crippen molar-refractivity contribution < 1.29 is 0 Å². The summed E-state index contributed by atoms with van der Waals surface area (Å²) in [6, 6.07) is 0. The van der Waals surface area contributed by atoms with Crippen LogP contribution < -0.4 is 0 Å². The predicted octanol–water partition coefficient (Wildman–Crippen LogP) is 1.50. The molecule has 0 atom stereocenters. The Morgan fingerprint density at radius 1 is 1.73 bits per heavy atom. The summed E-state index contributed by atoms with van der Waals surface area (Å²) in [5, 5.41) is 4.00. The second-order valence-corrected chi connectivity index (χ2v) is 2.05. The number of aromatic nitrogens is 3. The largest absolute Gasteiger partial charge is 0.225 e. The van der Waals surface area contributed by atoms with Gasteiger partial charge >= 0.3 is 0 Å². The maximum absolute atomic E-state index is 4.05. The standard InChI is InChI=1S/C8H11N3/c1-3-5-6-11-8(4-2)9-7-10-11/h3,5-7H,1,4H2,2H3/b6-5-. The van der Waals surface area contributed by atoms with Crippen LogP contribution >= 0.6 is 0 Å². The first kappa shape index (κ1) is 7.72. The Hall–Kier alpha value is -1.38. The van der Waals surface area contributed by atoms with Gasteiger partial charge in [-0.25, -0.2) is 9.67 Å². The normalized spacial score (nSPS) is 10.6.